The van der Waals surface area contributed by atoms with Crippen molar-refractivity contribution in [2.24, 2.45) is 11.7 Å². The number of rotatable bonds is 5. The molecule has 0 saturated heterocycles. The summed E-state index contributed by atoms with van der Waals surface area (Å²) in [7, 11) is 0. The molecular formula is C17H24ClN3O2. The highest BCUT2D eigenvalue weighted by Crippen LogP contribution is 2.16. The maximum atomic E-state index is 12.5. The maximum absolute atomic E-state index is 12.5. The van der Waals surface area contributed by atoms with Gasteiger partial charge in [-0.3, -0.25) is 9.59 Å². The summed E-state index contributed by atoms with van der Waals surface area (Å²) >= 11 is 0. The molecule has 0 radical (unpaired) electrons. The molecule has 0 fully saturated rings. The molecule has 2 rings (SSSR count). The van der Waals surface area contributed by atoms with Gasteiger partial charge < -0.3 is 16.0 Å². The van der Waals surface area contributed by atoms with Gasteiger partial charge in [0.1, 0.15) is 5.69 Å². The molecule has 0 aliphatic heterocycles. The number of benzene rings is 1. The lowest BCUT2D eigenvalue weighted by Gasteiger charge is -2.31. The predicted octanol–water partition coefficient (Wildman–Crippen LogP) is 2.44. The SMILES string of the molecule is CC(C)CC(C)(CN)NC(=O)c1cc2ccccc2c(=O)[nH]1.Cl. The minimum Gasteiger partial charge on any atom is -0.344 e. The largest absolute Gasteiger partial charge is 0.344 e. The van der Waals surface area contributed by atoms with Crippen LogP contribution in [0.2, 0.25) is 0 Å². The van der Waals surface area contributed by atoms with E-state index in [0.29, 0.717) is 17.8 Å². The van der Waals surface area contributed by atoms with Crippen LogP contribution >= 0.6 is 12.4 Å². The third kappa shape index (κ3) is 4.56. The van der Waals surface area contributed by atoms with E-state index in [1.54, 1.807) is 18.2 Å². The van der Waals surface area contributed by atoms with Gasteiger partial charge in [-0.15, -0.1) is 12.4 Å². The van der Waals surface area contributed by atoms with Gasteiger partial charge in [-0.25, -0.2) is 0 Å². The van der Waals surface area contributed by atoms with E-state index in [1.165, 1.54) is 0 Å². The number of carbonyl (C=O) groups is 1. The summed E-state index contributed by atoms with van der Waals surface area (Å²) in [4.78, 5) is 27.2. The molecule has 0 aliphatic carbocycles. The normalized spacial score (nSPS) is 13.4. The van der Waals surface area contributed by atoms with E-state index < -0.39 is 5.54 Å². The third-order valence-corrected chi connectivity index (χ3v) is 3.72. The van der Waals surface area contributed by atoms with Crippen molar-refractivity contribution in [1.82, 2.24) is 10.3 Å². The number of hydrogen-bond donors (Lipinski definition) is 3. The lowest BCUT2D eigenvalue weighted by atomic mass is 9.90. The van der Waals surface area contributed by atoms with Gasteiger partial charge in [0.25, 0.3) is 11.5 Å². The van der Waals surface area contributed by atoms with E-state index in [-0.39, 0.29) is 29.6 Å². The Kier molecular flexibility index (Phi) is 6.36. The van der Waals surface area contributed by atoms with Crippen molar-refractivity contribution in [1.29, 1.82) is 0 Å². The van der Waals surface area contributed by atoms with Crippen molar-refractivity contribution in [2.75, 3.05) is 6.54 Å². The van der Waals surface area contributed by atoms with Gasteiger partial charge in [0.2, 0.25) is 0 Å². The molecule has 6 heteroatoms. The van der Waals surface area contributed by atoms with Crippen LogP contribution in [0.5, 0.6) is 0 Å². The zero-order valence-corrected chi connectivity index (χ0v) is 14.5. The molecular weight excluding hydrogens is 314 g/mol. The van der Waals surface area contributed by atoms with Crippen LogP contribution in [0, 0.1) is 5.92 Å². The Morgan fingerprint density at radius 2 is 2.00 bits per heavy atom. The zero-order chi connectivity index (χ0) is 16.3. The highest BCUT2D eigenvalue weighted by Gasteiger charge is 2.26. The van der Waals surface area contributed by atoms with Crippen LogP contribution < -0.4 is 16.6 Å². The quantitative estimate of drug-likeness (QED) is 0.783. The number of nitrogens with two attached hydrogens (primary N) is 1. The Labute approximate surface area is 142 Å². The highest BCUT2D eigenvalue weighted by atomic mass is 35.5. The Morgan fingerprint density at radius 3 is 2.61 bits per heavy atom. The van der Waals surface area contributed by atoms with Crippen LogP contribution in [-0.2, 0) is 0 Å². The van der Waals surface area contributed by atoms with E-state index in [2.05, 4.69) is 24.1 Å². The minimum atomic E-state index is -0.492. The molecule has 126 valence electrons. The van der Waals surface area contributed by atoms with E-state index in [9.17, 15) is 9.59 Å². The van der Waals surface area contributed by atoms with Gasteiger partial charge in [0, 0.05) is 11.9 Å². The minimum absolute atomic E-state index is 0. The number of nitrogens with one attached hydrogen (secondary N) is 2. The molecule has 1 heterocycles. The smallest absolute Gasteiger partial charge is 0.268 e. The maximum Gasteiger partial charge on any atom is 0.268 e. The van der Waals surface area contributed by atoms with Crippen LogP contribution in [-0.4, -0.2) is 23.0 Å². The summed E-state index contributed by atoms with van der Waals surface area (Å²) < 4.78 is 0. The fourth-order valence-electron chi connectivity index (χ4n) is 2.76. The molecule has 1 aromatic carbocycles. The molecule has 0 bridgehead atoms. The first-order valence-corrected chi connectivity index (χ1v) is 7.49. The Hall–Kier alpha value is -1.85. The lowest BCUT2D eigenvalue weighted by Crippen LogP contribution is -2.52. The highest BCUT2D eigenvalue weighted by molar-refractivity contribution is 5.96. The van der Waals surface area contributed by atoms with Gasteiger partial charge in [0.05, 0.1) is 5.54 Å². The second kappa shape index (κ2) is 7.62. The number of carbonyl (C=O) groups excluding carboxylic acids is 1. The molecule has 5 nitrogen and oxygen atoms in total. The van der Waals surface area contributed by atoms with E-state index >= 15 is 0 Å². The second-order valence-corrected chi connectivity index (χ2v) is 6.42. The summed E-state index contributed by atoms with van der Waals surface area (Å²) in [5.41, 5.74) is 5.32. The topological polar surface area (TPSA) is 88.0 Å². The summed E-state index contributed by atoms with van der Waals surface area (Å²) in [5.74, 6) is 0.0981. The van der Waals surface area contributed by atoms with Crippen molar-refractivity contribution in [3.8, 4) is 0 Å². The fourth-order valence-corrected chi connectivity index (χ4v) is 2.76. The number of amides is 1. The number of halogens is 1. The molecule has 1 amide bonds. The van der Waals surface area contributed by atoms with Crippen LogP contribution in [0.3, 0.4) is 0 Å². The van der Waals surface area contributed by atoms with Crippen molar-refractivity contribution in [2.45, 2.75) is 32.7 Å². The summed E-state index contributed by atoms with van der Waals surface area (Å²) in [6.07, 6.45) is 0.771. The fraction of sp³-hybridized carbons (Fsp3) is 0.412. The van der Waals surface area contributed by atoms with Crippen LogP contribution in [0.1, 0.15) is 37.7 Å². The zero-order valence-electron chi connectivity index (χ0n) is 13.7. The van der Waals surface area contributed by atoms with Gasteiger partial charge in [-0.1, -0.05) is 32.0 Å². The summed E-state index contributed by atoms with van der Waals surface area (Å²) in [6.45, 7) is 6.43. The number of H-pyrrole nitrogens is 1. The van der Waals surface area contributed by atoms with E-state index in [1.807, 2.05) is 19.1 Å². The van der Waals surface area contributed by atoms with Gasteiger partial charge in [-0.05, 0) is 36.8 Å². The Bertz CT molecular complexity index is 742. The van der Waals surface area contributed by atoms with Gasteiger partial charge in [0.15, 0.2) is 0 Å². The van der Waals surface area contributed by atoms with E-state index in [0.717, 1.165) is 11.8 Å². The average molecular weight is 338 g/mol. The number of aromatic nitrogens is 1. The molecule has 1 atom stereocenters. The molecule has 1 unspecified atom stereocenters. The summed E-state index contributed by atoms with van der Waals surface area (Å²) in [6, 6.07) is 8.88. The second-order valence-electron chi connectivity index (χ2n) is 6.42. The Balaban J connectivity index is 0.00000264. The van der Waals surface area contributed by atoms with Crippen LogP contribution in [0.4, 0.5) is 0 Å². The monoisotopic (exact) mass is 337 g/mol. The summed E-state index contributed by atoms with van der Waals surface area (Å²) in [5, 5.41) is 4.27. The lowest BCUT2D eigenvalue weighted by molar-refractivity contribution is 0.0893. The standard InChI is InChI=1S/C17H23N3O2.ClH/c1-11(2)9-17(3,10-18)20-16(22)14-8-12-6-4-5-7-13(12)15(21)19-14;/h4-8,11H,9-10,18H2,1-3H3,(H,19,21)(H,20,22);1H. The van der Waals surface area contributed by atoms with Crippen molar-refractivity contribution >= 4 is 29.1 Å². The van der Waals surface area contributed by atoms with Gasteiger partial charge >= 0.3 is 0 Å². The van der Waals surface area contributed by atoms with E-state index in [4.69, 9.17) is 5.73 Å². The molecule has 4 N–H and O–H groups in total. The first-order chi connectivity index (χ1) is 10.3. The van der Waals surface area contributed by atoms with Crippen molar-refractivity contribution in [3.63, 3.8) is 0 Å². The molecule has 0 saturated carbocycles. The number of aromatic amines is 1. The number of hydrogen-bond acceptors (Lipinski definition) is 3. The van der Waals surface area contributed by atoms with Gasteiger partial charge in [-0.2, -0.15) is 0 Å². The molecule has 0 aliphatic rings. The first kappa shape index (κ1) is 19.2. The Morgan fingerprint density at radius 1 is 1.35 bits per heavy atom. The predicted molar refractivity (Wildman–Crippen MR) is 96.2 cm³/mol. The van der Waals surface area contributed by atoms with Crippen molar-refractivity contribution < 1.29 is 4.79 Å². The van der Waals surface area contributed by atoms with Crippen molar-refractivity contribution in [3.05, 3.63) is 46.4 Å². The molecule has 1 aromatic heterocycles. The molecule has 0 spiro atoms. The average Bonchev–Trinajstić information content (AvgIpc) is 2.46. The molecule has 23 heavy (non-hydrogen) atoms. The number of pyridine rings is 1. The number of fused-ring (bicyclic) bond motifs is 1. The van der Waals surface area contributed by atoms with Crippen LogP contribution in [0.15, 0.2) is 35.1 Å². The molecule has 2 aromatic rings. The van der Waals surface area contributed by atoms with Crippen LogP contribution in [0.25, 0.3) is 10.8 Å². The first-order valence-electron chi connectivity index (χ1n) is 7.49. The third-order valence-electron chi connectivity index (χ3n) is 3.72.